The lowest BCUT2D eigenvalue weighted by molar-refractivity contribution is -0.434. The number of allylic oxidation sites excluding steroid dienone is 4. The van der Waals surface area contributed by atoms with Crippen molar-refractivity contribution in [3.05, 3.63) is 72.8 Å². The van der Waals surface area contributed by atoms with Crippen molar-refractivity contribution in [3.63, 3.8) is 0 Å². The lowest BCUT2D eigenvalue weighted by atomic mass is 10.00. The van der Waals surface area contributed by atoms with Gasteiger partial charge in [0.15, 0.2) is 22.9 Å². The molecule has 6 rings (SSSR count). The number of hydrogen-bond donors (Lipinski definition) is 0. The number of para-hydroxylation sites is 1. The van der Waals surface area contributed by atoms with Crippen LogP contribution in [-0.4, -0.2) is 49.4 Å². The molecule has 0 aliphatic carbocycles. The first-order valence-electron chi connectivity index (χ1n) is 18.0. The van der Waals surface area contributed by atoms with E-state index in [9.17, 15) is 0 Å². The maximum absolute atomic E-state index is 6.63. The number of rotatable bonds is 0. The van der Waals surface area contributed by atoms with Gasteiger partial charge in [0.25, 0.3) is 0 Å². The molecule has 0 unspecified atom stereocenters. The number of anilines is 1. The van der Waals surface area contributed by atoms with Crippen LogP contribution in [0.15, 0.2) is 72.8 Å². The third-order valence-electron chi connectivity index (χ3n) is 9.32. The summed E-state index contributed by atoms with van der Waals surface area (Å²) in [7, 11) is 0. The molecule has 3 aliphatic heterocycles. The minimum Gasteiger partial charge on any atom is -0.494 e. The lowest BCUT2D eigenvalue weighted by Crippen LogP contribution is -2.41. The molecular formula is C41H53N2O4+. The van der Waals surface area contributed by atoms with E-state index in [2.05, 4.69) is 102 Å². The molecule has 47 heavy (non-hydrogen) atoms. The summed E-state index contributed by atoms with van der Waals surface area (Å²) in [6, 6.07) is 17.1. The van der Waals surface area contributed by atoms with E-state index in [1.807, 2.05) is 0 Å². The molecule has 0 saturated carbocycles. The van der Waals surface area contributed by atoms with Crippen LogP contribution in [0.4, 0.5) is 11.4 Å². The molecule has 0 fully saturated rings. The Kier molecular flexibility index (Phi) is 11.4. The maximum atomic E-state index is 6.63. The van der Waals surface area contributed by atoms with Crippen molar-refractivity contribution in [1.29, 1.82) is 0 Å². The summed E-state index contributed by atoms with van der Waals surface area (Å²) < 4.78 is 28.4. The van der Waals surface area contributed by atoms with Gasteiger partial charge in [-0.05, 0) is 127 Å². The second-order valence-corrected chi connectivity index (χ2v) is 13.6. The first kappa shape index (κ1) is 33.0. The summed E-state index contributed by atoms with van der Waals surface area (Å²) in [6.45, 7) is 8.14. The van der Waals surface area contributed by atoms with Crippen molar-refractivity contribution in [3.8, 4) is 23.0 Å². The SMILES string of the molecule is CC1(C)C[N+]2=CN1c1c3ccc4ccc(cc14)OCCCC/C=C/CCCCOc1cccc(c12)OCCCC/C=C/CCCCO3. The molecule has 3 heterocycles. The van der Waals surface area contributed by atoms with Crippen molar-refractivity contribution in [2.45, 2.75) is 96.4 Å². The predicted octanol–water partition coefficient (Wildman–Crippen LogP) is 10.1. The van der Waals surface area contributed by atoms with Gasteiger partial charge in [-0.3, -0.25) is 0 Å². The molecular weight excluding hydrogens is 584 g/mol. The molecule has 0 spiro atoms. The van der Waals surface area contributed by atoms with Gasteiger partial charge in [0.1, 0.15) is 17.8 Å². The van der Waals surface area contributed by atoms with Crippen LogP contribution in [0.25, 0.3) is 10.8 Å². The summed E-state index contributed by atoms with van der Waals surface area (Å²) in [5, 5.41) is 2.30. The van der Waals surface area contributed by atoms with Crippen LogP contribution in [0.5, 0.6) is 23.0 Å². The minimum atomic E-state index is -0.247. The van der Waals surface area contributed by atoms with Crippen molar-refractivity contribution >= 4 is 28.5 Å². The average molecular weight is 638 g/mol. The van der Waals surface area contributed by atoms with Gasteiger partial charge >= 0.3 is 0 Å². The topological polar surface area (TPSA) is 43.2 Å². The van der Waals surface area contributed by atoms with E-state index in [-0.39, 0.29) is 5.54 Å². The molecule has 3 aromatic rings. The highest BCUT2D eigenvalue weighted by atomic mass is 16.5. The van der Waals surface area contributed by atoms with Crippen LogP contribution in [0.3, 0.4) is 0 Å². The number of hydrogen-bond acceptors (Lipinski definition) is 5. The number of ether oxygens (including phenoxy) is 4. The molecule has 0 aromatic heterocycles. The molecule has 0 N–H and O–H groups in total. The van der Waals surface area contributed by atoms with Crippen LogP contribution in [0.2, 0.25) is 0 Å². The zero-order valence-corrected chi connectivity index (χ0v) is 28.6. The van der Waals surface area contributed by atoms with Gasteiger partial charge in [0, 0.05) is 5.39 Å². The molecule has 0 atom stereocenters. The van der Waals surface area contributed by atoms with E-state index >= 15 is 0 Å². The van der Waals surface area contributed by atoms with Gasteiger partial charge in [-0.2, -0.15) is 0 Å². The van der Waals surface area contributed by atoms with Crippen molar-refractivity contribution in [2.24, 2.45) is 0 Å². The summed E-state index contributed by atoms with van der Waals surface area (Å²) in [4.78, 5) is 2.40. The Balaban J connectivity index is 1.47. The van der Waals surface area contributed by atoms with E-state index in [1.165, 1.54) is 5.39 Å². The Morgan fingerprint density at radius 2 is 1.13 bits per heavy atom. The normalized spacial score (nSPS) is 21.2. The molecule has 0 radical (unpaired) electrons. The Bertz CT molecular complexity index is 1570. The van der Waals surface area contributed by atoms with Gasteiger partial charge in [-0.25, -0.2) is 9.48 Å². The Morgan fingerprint density at radius 3 is 1.72 bits per heavy atom. The minimum absolute atomic E-state index is 0.247. The van der Waals surface area contributed by atoms with Crippen molar-refractivity contribution < 1.29 is 23.5 Å². The van der Waals surface area contributed by atoms with Crippen LogP contribution in [-0.2, 0) is 0 Å². The number of nitrogens with zero attached hydrogens (tertiary/aromatic N) is 2. The highest BCUT2D eigenvalue weighted by Crippen LogP contribution is 2.45. The van der Waals surface area contributed by atoms with Crippen LogP contribution in [0.1, 0.15) is 90.9 Å². The van der Waals surface area contributed by atoms with Gasteiger partial charge in [-0.1, -0.05) is 42.5 Å². The zero-order chi connectivity index (χ0) is 32.3. The van der Waals surface area contributed by atoms with Crippen LogP contribution < -0.4 is 23.8 Å². The molecule has 6 heteroatoms. The Labute approximate surface area is 281 Å². The highest BCUT2D eigenvalue weighted by Gasteiger charge is 2.45. The average Bonchev–Trinajstić information content (AvgIpc) is 3.38. The maximum Gasteiger partial charge on any atom is 0.245 e. The molecule has 3 aliphatic rings. The quantitative estimate of drug-likeness (QED) is 0.181. The second-order valence-electron chi connectivity index (χ2n) is 13.6. The summed E-state index contributed by atoms with van der Waals surface area (Å²) in [6.07, 6.45) is 24.4. The van der Waals surface area contributed by atoms with Crippen molar-refractivity contribution in [1.82, 2.24) is 0 Å². The number of fused-ring (bicyclic) bond motifs is 1. The monoisotopic (exact) mass is 637 g/mol. The van der Waals surface area contributed by atoms with E-state index < -0.39 is 0 Å². The Hall–Kier alpha value is -3.93. The largest absolute Gasteiger partial charge is 0.494 e. The molecule has 250 valence electrons. The van der Waals surface area contributed by atoms with Crippen LogP contribution >= 0.6 is 0 Å². The standard InChI is InChI=1S/C41H53N2O4/c1-41(2)31-42-32-43(41)39-35-30-34-24-22-33(35)23-25-38(39)47-29-18-14-10-6-5-9-13-17-28-46-37-21-19-20-36(40(37)42)45-27-16-12-8-4-3-7-11-15-26-44-34/h3-6,19-25,30,32H,7-18,26-29,31H2,1-2H3/q+1/b4-3+,6-5+. The van der Waals surface area contributed by atoms with E-state index in [0.29, 0.717) is 26.4 Å². The first-order chi connectivity index (χ1) is 23.1. The van der Waals surface area contributed by atoms with E-state index in [4.69, 9.17) is 18.9 Å². The van der Waals surface area contributed by atoms with Crippen LogP contribution in [0, 0.1) is 0 Å². The lowest BCUT2D eigenvalue weighted by Gasteiger charge is -2.26. The van der Waals surface area contributed by atoms with Gasteiger partial charge in [0.2, 0.25) is 12.0 Å². The van der Waals surface area contributed by atoms with Gasteiger partial charge in [-0.15, -0.1) is 0 Å². The summed E-state index contributed by atoms with van der Waals surface area (Å²) in [5.41, 5.74) is 1.83. The Morgan fingerprint density at radius 1 is 0.596 bits per heavy atom. The third-order valence-corrected chi connectivity index (χ3v) is 9.32. The smallest absolute Gasteiger partial charge is 0.245 e. The molecule has 3 aromatic carbocycles. The summed E-state index contributed by atoms with van der Waals surface area (Å²) in [5.74, 6) is 3.55. The van der Waals surface area contributed by atoms with E-state index in [0.717, 1.165) is 123 Å². The van der Waals surface area contributed by atoms with Gasteiger partial charge < -0.3 is 18.9 Å². The van der Waals surface area contributed by atoms with Crippen molar-refractivity contribution in [2.75, 3.05) is 37.9 Å². The fraction of sp³-hybridized carbons (Fsp3) is 0.488. The molecule has 0 amide bonds. The molecule has 0 saturated heterocycles. The van der Waals surface area contributed by atoms with Gasteiger partial charge in [0.05, 0.1) is 26.4 Å². The first-order valence-corrected chi connectivity index (χ1v) is 18.0. The fourth-order valence-electron chi connectivity index (χ4n) is 6.73. The molecule has 6 nitrogen and oxygen atoms in total. The highest BCUT2D eigenvalue weighted by molar-refractivity contribution is 6.03. The third kappa shape index (κ3) is 8.51. The van der Waals surface area contributed by atoms with E-state index in [1.54, 1.807) is 0 Å². The molecule has 6 bridgehead atoms. The zero-order valence-electron chi connectivity index (χ0n) is 28.6. The fourth-order valence-corrected chi connectivity index (χ4v) is 6.73. The number of benzene rings is 3. The summed E-state index contributed by atoms with van der Waals surface area (Å²) >= 11 is 0. The predicted molar refractivity (Wildman–Crippen MR) is 193 cm³/mol. The second kappa shape index (κ2) is 16.3.